The van der Waals surface area contributed by atoms with E-state index in [1.165, 1.54) is 0 Å². The number of hydrogen-bond acceptors (Lipinski definition) is 2. The summed E-state index contributed by atoms with van der Waals surface area (Å²) in [6.07, 6.45) is 4.83. The molecule has 0 aromatic carbocycles. The molecule has 2 heteroatoms. The maximum absolute atomic E-state index is 11.4. The summed E-state index contributed by atoms with van der Waals surface area (Å²) in [5, 5.41) is 0. The van der Waals surface area contributed by atoms with Gasteiger partial charge in [0.2, 0.25) is 0 Å². The molecular formula is C10H15NO. The van der Waals surface area contributed by atoms with Crippen molar-refractivity contribution in [1.82, 2.24) is 0 Å². The Bertz CT molecular complexity index is 224. The molecule has 0 amide bonds. The number of ketones is 1. The molecule has 0 aliphatic carbocycles. The number of nitrogens with zero attached hydrogens (tertiary/aromatic N) is 1. The molecule has 0 saturated heterocycles. The number of Topliss-reactive ketones (excluding diaryl/α,β-unsaturated/α-hetero) is 1. The van der Waals surface area contributed by atoms with Crippen LogP contribution in [0.2, 0.25) is 0 Å². The first-order valence-electron chi connectivity index (χ1n) is 3.92. The van der Waals surface area contributed by atoms with E-state index >= 15 is 0 Å². The average molecular weight is 165 g/mol. The summed E-state index contributed by atoms with van der Waals surface area (Å²) in [5.41, 5.74) is 0.621. The van der Waals surface area contributed by atoms with Gasteiger partial charge in [0.25, 0.3) is 0 Å². The van der Waals surface area contributed by atoms with Crippen LogP contribution in [0.25, 0.3) is 0 Å². The molecule has 2 nitrogen and oxygen atoms in total. The monoisotopic (exact) mass is 165 g/mol. The Morgan fingerprint density at radius 1 is 1.50 bits per heavy atom. The molecule has 0 spiro atoms. The first-order valence-corrected chi connectivity index (χ1v) is 3.92. The molecule has 66 valence electrons. The van der Waals surface area contributed by atoms with Gasteiger partial charge in [-0.2, -0.15) is 0 Å². The Hall–Kier alpha value is -1.18. The van der Waals surface area contributed by atoms with Gasteiger partial charge in [-0.1, -0.05) is 26.5 Å². The van der Waals surface area contributed by atoms with Gasteiger partial charge >= 0.3 is 0 Å². The number of aliphatic imine (C=N–C) groups is 1. The van der Waals surface area contributed by atoms with Crippen LogP contribution in [0.1, 0.15) is 13.8 Å². The Kier molecular flexibility index (Phi) is 4.93. The van der Waals surface area contributed by atoms with E-state index in [2.05, 4.69) is 11.6 Å². The van der Waals surface area contributed by atoms with E-state index in [9.17, 15) is 4.79 Å². The van der Waals surface area contributed by atoms with Gasteiger partial charge < -0.3 is 0 Å². The van der Waals surface area contributed by atoms with Crippen molar-refractivity contribution in [3.63, 3.8) is 0 Å². The lowest BCUT2D eigenvalue weighted by Crippen LogP contribution is -2.08. The fraction of sp³-hybridized carbons (Fsp3) is 0.400. The maximum atomic E-state index is 11.4. The minimum Gasteiger partial charge on any atom is -0.296 e. The van der Waals surface area contributed by atoms with Gasteiger partial charge in [-0.3, -0.25) is 9.79 Å². The van der Waals surface area contributed by atoms with E-state index in [0.717, 1.165) is 0 Å². The molecule has 0 saturated carbocycles. The summed E-state index contributed by atoms with van der Waals surface area (Å²) in [5.74, 6) is 0.115. The van der Waals surface area contributed by atoms with E-state index in [4.69, 9.17) is 0 Å². The minimum atomic E-state index is 0.0134. The van der Waals surface area contributed by atoms with Gasteiger partial charge in [-0.15, -0.1) is 0 Å². The van der Waals surface area contributed by atoms with Crippen molar-refractivity contribution in [2.45, 2.75) is 13.8 Å². The first-order chi connectivity index (χ1) is 5.63. The normalized spacial score (nSPS) is 12.5. The average Bonchev–Trinajstić information content (AvgIpc) is 2.05. The molecule has 0 aromatic rings. The standard InChI is InChI=1S/C10H15NO/c1-5-9(6-7-11-4)10(12)8(2)3/h5-8H,1H2,2-4H3/b9-6+,11-7?. The van der Waals surface area contributed by atoms with E-state index in [1.807, 2.05) is 13.8 Å². The second kappa shape index (κ2) is 5.47. The van der Waals surface area contributed by atoms with Crippen molar-refractivity contribution >= 4 is 12.0 Å². The topological polar surface area (TPSA) is 29.4 Å². The summed E-state index contributed by atoms with van der Waals surface area (Å²) >= 11 is 0. The number of carbonyl (C=O) groups excluding carboxylic acids is 1. The largest absolute Gasteiger partial charge is 0.296 e. The van der Waals surface area contributed by atoms with Crippen LogP contribution in [0, 0.1) is 5.92 Å². The molecule has 0 radical (unpaired) electrons. The van der Waals surface area contributed by atoms with Crippen molar-refractivity contribution < 1.29 is 4.79 Å². The van der Waals surface area contributed by atoms with Gasteiger partial charge in [0.1, 0.15) is 0 Å². The van der Waals surface area contributed by atoms with Crippen molar-refractivity contribution in [2.24, 2.45) is 10.9 Å². The molecule has 0 rings (SSSR count). The van der Waals surface area contributed by atoms with E-state index in [0.29, 0.717) is 5.57 Å². The third-order valence-electron chi connectivity index (χ3n) is 1.43. The van der Waals surface area contributed by atoms with Crippen LogP contribution in [-0.4, -0.2) is 19.0 Å². The molecule has 0 unspecified atom stereocenters. The molecule has 0 heterocycles. The molecule has 0 N–H and O–H groups in total. The van der Waals surface area contributed by atoms with Crippen LogP contribution in [-0.2, 0) is 4.79 Å². The van der Waals surface area contributed by atoms with Crippen molar-refractivity contribution in [3.05, 3.63) is 24.3 Å². The van der Waals surface area contributed by atoms with Gasteiger partial charge in [-0.05, 0) is 6.08 Å². The van der Waals surface area contributed by atoms with Crippen LogP contribution in [0.15, 0.2) is 29.3 Å². The summed E-state index contributed by atoms with van der Waals surface area (Å²) in [6, 6.07) is 0. The van der Waals surface area contributed by atoms with Crippen molar-refractivity contribution in [1.29, 1.82) is 0 Å². The van der Waals surface area contributed by atoms with Crippen molar-refractivity contribution in [2.75, 3.05) is 7.05 Å². The van der Waals surface area contributed by atoms with Crippen LogP contribution in [0.5, 0.6) is 0 Å². The number of rotatable bonds is 4. The predicted molar refractivity (Wildman–Crippen MR) is 52.5 cm³/mol. The van der Waals surface area contributed by atoms with Gasteiger partial charge in [-0.25, -0.2) is 0 Å². The SMILES string of the molecule is C=C/C(=C\C=NC)C(=O)C(C)C. The lowest BCUT2D eigenvalue weighted by Gasteiger charge is -2.02. The van der Waals surface area contributed by atoms with Crippen LogP contribution in [0.3, 0.4) is 0 Å². The van der Waals surface area contributed by atoms with Gasteiger partial charge in [0.15, 0.2) is 5.78 Å². The fourth-order valence-electron chi connectivity index (χ4n) is 0.739. The van der Waals surface area contributed by atoms with E-state index < -0.39 is 0 Å². The summed E-state index contributed by atoms with van der Waals surface area (Å²) in [6.45, 7) is 7.29. The highest BCUT2D eigenvalue weighted by molar-refractivity contribution is 6.02. The molecular weight excluding hydrogens is 150 g/mol. The van der Waals surface area contributed by atoms with Crippen LogP contribution in [0.4, 0.5) is 0 Å². The predicted octanol–water partition coefficient (Wildman–Crippen LogP) is 2.02. The second-order valence-electron chi connectivity index (χ2n) is 2.75. The number of carbonyl (C=O) groups is 1. The van der Waals surface area contributed by atoms with E-state index in [1.54, 1.807) is 25.4 Å². The van der Waals surface area contributed by atoms with E-state index in [-0.39, 0.29) is 11.7 Å². The summed E-state index contributed by atoms with van der Waals surface area (Å²) in [7, 11) is 1.66. The number of hydrogen-bond donors (Lipinski definition) is 0. The Balaban J connectivity index is 4.56. The van der Waals surface area contributed by atoms with Crippen LogP contribution < -0.4 is 0 Å². The van der Waals surface area contributed by atoms with Gasteiger partial charge in [0, 0.05) is 24.8 Å². The highest BCUT2D eigenvalue weighted by atomic mass is 16.1. The molecule has 0 atom stereocenters. The molecule has 0 fully saturated rings. The van der Waals surface area contributed by atoms with Crippen molar-refractivity contribution in [3.8, 4) is 0 Å². The zero-order valence-electron chi connectivity index (χ0n) is 7.87. The molecule has 0 bridgehead atoms. The zero-order chi connectivity index (χ0) is 9.56. The summed E-state index contributed by atoms with van der Waals surface area (Å²) in [4.78, 5) is 15.1. The Morgan fingerprint density at radius 3 is 2.42 bits per heavy atom. The Morgan fingerprint density at radius 2 is 2.08 bits per heavy atom. The summed E-state index contributed by atoms with van der Waals surface area (Å²) < 4.78 is 0. The molecule has 0 aliphatic heterocycles. The Labute approximate surface area is 73.7 Å². The second-order valence-corrected chi connectivity index (χ2v) is 2.75. The zero-order valence-corrected chi connectivity index (χ0v) is 7.87. The molecule has 12 heavy (non-hydrogen) atoms. The molecule has 0 aliphatic rings. The van der Waals surface area contributed by atoms with Crippen LogP contribution >= 0.6 is 0 Å². The smallest absolute Gasteiger partial charge is 0.165 e. The lowest BCUT2D eigenvalue weighted by molar-refractivity contribution is -0.117. The third kappa shape index (κ3) is 3.28. The number of allylic oxidation sites excluding steroid dienone is 3. The minimum absolute atomic E-state index is 0.0134. The highest BCUT2D eigenvalue weighted by Crippen LogP contribution is 2.05. The fourth-order valence-corrected chi connectivity index (χ4v) is 0.739. The molecule has 0 aromatic heterocycles. The maximum Gasteiger partial charge on any atom is 0.165 e. The highest BCUT2D eigenvalue weighted by Gasteiger charge is 2.09. The quantitative estimate of drug-likeness (QED) is 0.356. The lowest BCUT2D eigenvalue weighted by atomic mass is 10.0. The van der Waals surface area contributed by atoms with Gasteiger partial charge in [0.05, 0.1) is 0 Å². The third-order valence-corrected chi connectivity index (χ3v) is 1.43. The first kappa shape index (κ1) is 10.8.